The van der Waals surface area contributed by atoms with Gasteiger partial charge in [-0.3, -0.25) is 4.90 Å². The monoisotopic (exact) mass is 210 g/mol. The van der Waals surface area contributed by atoms with E-state index in [2.05, 4.69) is 0 Å². The SMILES string of the molecule is CC(C)N(CC(F)(F)F)C1CC(N)C1. The minimum Gasteiger partial charge on any atom is -0.328 e. The Morgan fingerprint density at radius 3 is 2.14 bits per heavy atom. The summed E-state index contributed by atoms with van der Waals surface area (Å²) >= 11 is 0. The Balaban J connectivity index is 2.48. The summed E-state index contributed by atoms with van der Waals surface area (Å²) < 4.78 is 36.6. The maximum atomic E-state index is 12.2. The highest BCUT2D eigenvalue weighted by atomic mass is 19.4. The second-order valence-corrected chi connectivity index (χ2v) is 4.27. The third-order valence-electron chi connectivity index (χ3n) is 2.64. The van der Waals surface area contributed by atoms with Crippen molar-refractivity contribution < 1.29 is 13.2 Å². The first kappa shape index (κ1) is 11.8. The van der Waals surface area contributed by atoms with Gasteiger partial charge in [0.25, 0.3) is 0 Å². The van der Waals surface area contributed by atoms with Crippen LogP contribution in [0.5, 0.6) is 0 Å². The number of nitrogens with two attached hydrogens (primary N) is 1. The lowest BCUT2D eigenvalue weighted by molar-refractivity contribution is -0.159. The third kappa shape index (κ3) is 3.13. The molecule has 1 fully saturated rings. The van der Waals surface area contributed by atoms with E-state index in [-0.39, 0.29) is 18.1 Å². The molecular formula is C9H17F3N2. The molecule has 5 heteroatoms. The molecular weight excluding hydrogens is 193 g/mol. The molecule has 0 spiro atoms. The van der Waals surface area contributed by atoms with Gasteiger partial charge in [0.15, 0.2) is 0 Å². The highest BCUT2D eigenvalue weighted by Crippen LogP contribution is 2.29. The standard InChI is InChI=1S/C9H17F3N2/c1-6(2)14(5-9(10,11)12)8-3-7(13)4-8/h6-8H,3-5,13H2,1-2H3. The molecule has 0 aromatic heterocycles. The van der Waals surface area contributed by atoms with E-state index < -0.39 is 12.7 Å². The molecule has 1 aliphatic rings. The Labute approximate surface area is 82.2 Å². The van der Waals surface area contributed by atoms with Crippen molar-refractivity contribution in [2.75, 3.05) is 6.54 Å². The van der Waals surface area contributed by atoms with Crippen LogP contribution in [0.15, 0.2) is 0 Å². The predicted octanol–water partition coefficient (Wildman–Crippen LogP) is 1.75. The molecule has 14 heavy (non-hydrogen) atoms. The van der Waals surface area contributed by atoms with Crippen molar-refractivity contribution in [3.8, 4) is 0 Å². The van der Waals surface area contributed by atoms with Crippen LogP contribution >= 0.6 is 0 Å². The molecule has 1 saturated carbocycles. The zero-order valence-corrected chi connectivity index (χ0v) is 8.51. The second-order valence-electron chi connectivity index (χ2n) is 4.27. The fraction of sp³-hybridized carbons (Fsp3) is 1.00. The largest absolute Gasteiger partial charge is 0.401 e. The van der Waals surface area contributed by atoms with Crippen LogP contribution in [0.3, 0.4) is 0 Å². The molecule has 84 valence electrons. The van der Waals surface area contributed by atoms with Crippen LogP contribution in [0, 0.1) is 0 Å². The summed E-state index contributed by atoms with van der Waals surface area (Å²) in [5.74, 6) is 0. The summed E-state index contributed by atoms with van der Waals surface area (Å²) in [6, 6.07) is 0.0373. The molecule has 0 heterocycles. The van der Waals surface area contributed by atoms with Crippen LogP contribution in [0.4, 0.5) is 13.2 Å². The van der Waals surface area contributed by atoms with Crippen LogP contribution in [-0.4, -0.2) is 35.7 Å². The molecule has 0 aliphatic heterocycles. The van der Waals surface area contributed by atoms with Crippen molar-refractivity contribution in [2.45, 2.75) is 51.0 Å². The van der Waals surface area contributed by atoms with E-state index in [1.165, 1.54) is 4.90 Å². The summed E-state index contributed by atoms with van der Waals surface area (Å²) in [5.41, 5.74) is 5.56. The van der Waals surface area contributed by atoms with Gasteiger partial charge >= 0.3 is 6.18 Å². The summed E-state index contributed by atoms with van der Waals surface area (Å²) in [7, 11) is 0. The van der Waals surface area contributed by atoms with Crippen molar-refractivity contribution in [2.24, 2.45) is 5.73 Å². The number of halogens is 3. The first-order valence-corrected chi connectivity index (χ1v) is 4.87. The molecule has 0 unspecified atom stereocenters. The van der Waals surface area contributed by atoms with Crippen molar-refractivity contribution in [1.82, 2.24) is 4.90 Å². The Morgan fingerprint density at radius 2 is 1.86 bits per heavy atom. The average Bonchev–Trinajstić information content (AvgIpc) is 1.92. The summed E-state index contributed by atoms with van der Waals surface area (Å²) in [4.78, 5) is 1.49. The van der Waals surface area contributed by atoms with Crippen molar-refractivity contribution in [1.29, 1.82) is 0 Å². The highest BCUT2D eigenvalue weighted by molar-refractivity contribution is 4.91. The van der Waals surface area contributed by atoms with E-state index in [9.17, 15) is 13.2 Å². The summed E-state index contributed by atoms with van der Waals surface area (Å²) in [6.07, 6.45) is -2.73. The molecule has 2 nitrogen and oxygen atoms in total. The number of hydrogen-bond acceptors (Lipinski definition) is 2. The molecule has 0 amide bonds. The fourth-order valence-electron chi connectivity index (χ4n) is 1.84. The van der Waals surface area contributed by atoms with Gasteiger partial charge < -0.3 is 5.73 Å². The molecule has 0 saturated heterocycles. The molecule has 1 rings (SSSR count). The molecule has 2 N–H and O–H groups in total. The Morgan fingerprint density at radius 1 is 1.36 bits per heavy atom. The van der Waals surface area contributed by atoms with E-state index in [4.69, 9.17) is 5.73 Å². The second kappa shape index (κ2) is 4.06. The van der Waals surface area contributed by atoms with E-state index in [1.807, 2.05) is 0 Å². The zero-order valence-electron chi connectivity index (χ0n) is 8.51. The quantitative estimate of drug-likeness (QED) is 0.769. The predicted molar refractivity (Wildman–Crippen MR) is 48.9 cm³/mol. The van der Waals surface area contributed by atoms with Crippen LogP contribution in [0.25, 0.3) is 0 Å². The maximum Gasteiger partial charge on any atom is 0.401 e. The normalized spacial score (nSPS) is 28.3. The third-order valence-corrected chi connectivity index (χ3v) is 2.64. The van der Waals surface area contributed by atoms with Gasteiger partial charge in [-0.05, 0) is 26.7 Å². The molecule has 1 aliphatic carbocycles. The Bertz CT molecular complexity index is 185. The minimum atomic E-state index is -4.11. The van der Waals surface area contributed by atoms with E-state index in [0.717, 1.165) is 0 Å². The van der Waals surface area contributed by atoms with Gasteiger partial charge in [0.1, 0.15) is 0 Å². The van der Waals surface area contributed by atoms with E-state index in [0.29, 0.717) is 12.8 Å². The first-order chi connectivity index (χ1) is 6.29. The molecule has 0 radical (unpaired) electrons. The average molecular weight is 210 g/mol. The van der Waals surface area contributed by atoms with Gasteiger partial charge in [0.2, 0.25) is 0 Å². The number of hydrogen-bond donors (Lipinski definition) is 1. The maximum absolute atomic E-state index is 12.2. The van der Waals surface area contributed by atoms with Gasteiger partial charge in [0, 0.05) is 18.1 Å². The van der Waals surface area contributed by atoms with Gasteiger partial charge in [-0.1, -0.05) is 0 Å². The van der Waals surface area contributed by atoms with Crippen LogP contribution in [0.1, 0.15) is 26.7 Å². The van der Waals surface area contributed by atoms with E-state index >= 15 is 0 Å². The molecule has 0 bridgehead atoms. The van der Waals surface area contributed by atoms with Crippen molar-refractivity contribution in [3.05, 3.63) is 0 Å². The summed E-state index contributed by atoms with van der Waals surface area (Å²) in [5, 5.41) is 0. The molecule has 0 aromatic rings. The summed E-state index contributed by atoms with van der Waals surface area (Å²) in [6.45, 7) is 2.76. The van der Waals surface area contributed by atoms with Crippen molar-refractivity contribution in [3.63, 3.8) is 0 Å². The minimum absolute atomic E-state index is 0.0200. The Kier molecular flexibility index (Phi) is 3.42. The lowest BCUT2D eigenvalue weighted by Crippen LogP contribution is -2.55. The highest BCUT2D eigenvalue weighted by Gasteiger charge is 2.39. The van der Waals surface area contributed by atoms with E-state index in [1.54, 1.807) is 13.8 Å². The number of alkyl halides is 3. The number of rotatable bonds is 3. The molecule has 0 aromatic carbocycles. The topological polar surface area (TPSA) is 29.3 Å². The van der Waals surface area contributed by atoms with Gasteiger partial charge in [0.05, 0.1) is 6.54 Å². The van der Waals surface area contributed by atoms with Gasteiger partial charge in [-0.2, -0.15) is 13.2 Å². The zero-order chi connectivity index (χ0) is 10.9. The lowest BCUT2D eigenvalue weighted by atomic mass is 9.85. The van der Waals surface area contributed by atoms with Crippen LogP contribution < -0.4 is 5.73 Å². The number of nitrogens with zero attached hydrogens (tertiary/aromatic N) is 1. The van der Waals surface area contributed by atoms with Gasteiger partial charge in [-0.25, -0.2) is 0 Å². The molecule has 0 atom stereocenters. The van der Waals surface area contributed by atoms with Gasteiger partial charge in [-0.15, -0.1) is 0 Å². The van der Waals surface area contributed by atoms with Crippen LogP contribution in [-0.2, 0) is 0 Å². The smallest absolute Gasteiger partial charge is 0.328 e. The fourth-order valence-corrected chi connectivity index (χ4v) is 1.84. The van der Waals surface area contributed by atoms with Crippen LogP contribution in [0.2, 0.25) is 0 Å². The Hall–Kier alpha value is -0.290. The lowest BCUT2D eigenvalue weighted by Gasteiger charge is -2.43. The first-order valence-electron chi connectivity index (χ1n) is 4.87. The van der Waals surface area contributed by atoms with Crippen molar-refractivity contribution >= 4 is 0 Å².